The Labute approximate surface area is 207 Å². The van der Waals surface area contributed by atoms with Crippen LogP contribution in [0.4, 0.5) is 0 Å². The van der Waals surface area contributed by atoms with Crippen LogP contribution in [-0.2, 0) is 6.61 Å². The number of carbonyl (C=O) groups excluding carboxylic acids is 1. The molecule has 32 heavy (non-hydrogen) atoms. The number of aromatic hydroxyl groups is 1. The molecule has 3 aromatic carbocycles. The average Bonchev–Trinajstić information content (AvgIpc) is 2.75. The van der Waals surface area contributed by atoms with E-state index in [1.807, 2.05) is 0 Å². The summed E-state index contributed by atoms with van der Waals surface area (Å²) < 4.78 is 11.8. The molecule has 0 saturated heterocycles. The number of nitrogens with zero attached hydrogens (tertiary/aromatic N) is 1. The van der Waals surface area contributed by atoms with Crippen LogP contribution in [-0.4, -0.2) is 24.3 Å². The maximum Gasteiger partial charge on any atom is 0.275 e. The first-order valence-corrected chi connectivity index (χ1v) is 11.0. The molecule has 3 aromatic rings. The highest BCUT2D eigenvalue weighted by molar-refractivity contribution is 9.10. The van der Waals surface area contributed by atoms with Gasteiger partial charge in [0.15, 0.2) is 11.5 Å². The second kappa shape index (κ2) is 10.9. The standard InChI is InChI=1S/C22H16BrCl3N2O4/c1-31-20-7-12(10-27-28-22(30)16-8-14(23)3-5-19(16)29)6-18(26)21(20)32-11-13-2-4-15(24)9-17(13)25/h2-10,29H,11H2,1H3,(H,28,30)/b27-10-. The Balaban J connectivity index is 1.72. The highest BCUT2D eigenvalue weighted by atomic mass is 79.9. The summed E-state index contributed by atoms with van der Waals surface area (Å²) in [6.07, 6.45) is 1.39. The topological polar surface area (TPSA) is 80.2 Å². The molecule has 0 unspecified atom stereocenters. The highest BCUT2D eigenvalue weighted by Crippen LogP contribution is 2.37. The van der Waals surface area contributed by atoms with Gasteiger partial charge in [-0.1, -0.05) is 56.8 Å². The average molecular weight is 559 g/mol. The van der Waals surface area contributed by atoms with Gasteiger partial charge in [-0.05, 0) is 48.0 Å². The van der Waals surface area contributed by atoms with Gasteiger partial charge >= 0.3 is 0 Å². The molecular formula is C22H16BrCl3N2O4. The number of phenols is 1. The van der Waals surface area contributed by atoms with Gasteiger partial charge in [-0.25, -0.2) is 5.43 Å². The zero-order valence-electron chi connectivity index (χ0n) is 16.5. The van der Waals surface area contributed by atoms with E-state index in [1.165, 1.54) is 25.5 Å². The summed E-state index contributed by atoms with van der Waals surface area (Å²) in [7, 11) is 1.48. The van der Waals surface area contributed by atoms with E-state index < -0.39 is 5.91 Å². The number of nitrogens with one attached hydrogen (secondary N) is 1. The van der Waals surface area contributed by atoms with E-state index in [4.69, 9.17) is 44.3 Å². The van der Waals surface area contributed by atoms with Crippen molar-refractivity contribution in [2.24, 2.45) is 5.10 Å². The van der Waals surface area contributed by atoms with Crippen LogP contribution in [0.25, 0.3) is 0 Å². The first-order chi connectivity index (χ1) is 15.3. The molecule has 0 spiro atoms. The van der Waals surface area contributed by atoms with E-state index in [0.29, 0.717) is 31.6 Å². The van der Waals surface area contributed by atoms with Crippen molar-refractivity contribution >= 4 is 62.9 Å². The largest absolute Gasteiger partial charge is 0.507 e. The number of benzene rings is 3. The molecule has 0 atom stereocenters. The summed E-state index contributed by atoms with van der Waals surface area (Å²) in [5, 5.41) is 15.0. The van der Waals surface area contributed by atoms with Crippen molar-refractivity contribution in [1.82, 2.24) is 5.43 Å². The van der Waals surface area contributed by atoms with Crippen molar-refractivity contribution in [3.8, 4) is 17.2 Å². The monoisotopic (exact) mass is 556 g/mol. The summed E-state index contributed by atoms with van der Waals surface area (Å²) in [6, 6.07) is 12.9. The second-order valence-electron chi connectivity index (χ2n) is 6.42. The van der Waals surface area contributed by atoms with Gasteiger partial charge in [-0.3, -0.25) is 4.79 Å². The van der Waals surface area contributed by atoms with Gasteiger partial charge in [0.1, 0.15) is 12.4 Å². The minimum absolute atomic E-state index is 0.0803. The number of ether oxygens (including phenoxy) is 2. The Kier molecular flexibility index (Phi) is 8.26. The molecule has 10 heteroatoms. The van der Waals surface area contributed by atoms with Gasteiger partial charge in [-0.2, -0.15) is 5.10 Å². The predicted molar refractivity (Wildman–Crippen MR) is 130 cm³/mol. The van der Waals surface area contributed by atoms with Gasteiger partial charge in [0.2, 0.25) is 0 Å². The second-order valence-corrected chi connectivity index (χ2v) is 8.59. The van der Waals surface area contributed by atoms with Crippen LogP contribution in [0.3, 0.4) is 0 Å². The van der Waals surface area contributed by atoms with E-state index in [-0.39, 0.29) is 22.9 Å². The molecule has 0 heterocycles. The number of halogens is 4. The van der Waals surface area contributed by atoms with Crippen LogP contribution in [0, 0.1) is 0 Å². The number of methoxy groups -OCH3 is 1. The van der Waals surface area contributed by atoms with E-state index in [1.54, 1.807) is 36.4 Å². The summed E-state index contributed by atoms with van der Waals surface area (Å²) in [4.78, 5) is 12.2. The van der Waals surface area contributed by atoms with Gasteiger partial charge < -0.3 is 14.6 Å². The molecule has 0 radical (unpaired) electrons. The third-order valence-corrected chi connectivity index (χ3v) is 5.58. The SMILES string of the molecule is COc1cc(/C=N\NC(=O)c2cc(Br)ccc2O)cc(Cl)c1OCc1ccc(Cl)cc1Cl. The van der Waals surface area contributed by atoms with E-state index in [0.717, 1.165) is 5.56 Å². The van der Waals surface area contributed by atoms with Crippen molar-refractivity contribution < 1.29 is 19.4 Å². The number of carbonyl (C=O) groups is 1. The molecular weight excluding hydrogens is 543 g/mol. The maximum absolute atomic E-state index is 12.2. The van der Waals surface area contributed by atoms with E-state index >= 15 is 0 Å². The van der Waals surface area contributed by atoms with E-state index in [2.05, 4.69) is 26.5 Å². The molecule has 6 nitrogen and oxygen atoms in total. The van der Waals surface area contributed by atoms with Crippen LogP contribution in [0.15, 0.2) is 58.1 Å². The van der Waals surface area contributed by atoms with Crippen LogP contribution in [0.2, 0.25) is 15.1 Å². The number of hydrazone groups is 1. The first-order valence-electron chi connectivity index (χ1n) is 9.04. The van der Waals surface area contributed by atoms with Crippen molar-refractivity contribution in [2.45, 2.75) is 6.61 Å². The minimum Gasteiger partial charge on any atom is -0.507 e. The third kappa shape index (κ3) is 6.07. The molecule has 0 bridgehead atoms. The van der Waals surface area contributed by atoms with E-state index in [9.17, 15) is 9.90 Å². The molecule has 166 valence electrons. The Morgan fingerprint density at radius 2 is 1.91 bits per heavy atom. The number of rotatable bonds is 7. The fourth-order valence-corrected chi connectivity index (χ4v) is 3.76. The van der Waals surface area contributed by atoms with Gasteiger partial charge in [0.25, 0.3) is 5.91 Å². The lowest BCUT2D eigenvalue weighted by atomic mass is 10.2. The fourth-order valence-electron chi connectivity index (χ4n) is 2.66. The van der Waals surface area contributed by atoms with Crippen molar-refractivity contribution in [3.05, 3.63) is 84.8 Å². The fraction of sp³-hybridized carbons (Fsp3) is 0.0909. The number of phenolic OH excluding ortho intramolecular Hbond substituents is 1. The lowest BCUT2D eigenvalue weighted by Crippen LogP contribution is -2.17. The quantitative estimate of drug-likeness (QED) is 0.257. The lowest BCUT2D eigenvalue weighted by Gasteiger charge is -2.14. The Morgan fingerprint density at radius 1 is 1.12 bits per heavy atom. The molecule has 0 aromatic heterocycles. The Hall–Kier alpha value is -2.45. The normalized spacial score (nSPS) is 10.9. The number of hydrogen-bond donors (Lipinski definition) is 2. The zero-order chi connectivity index (χ0) is 23.3. The summed E-state index contributed by atoms with van der Waals surface area (Å²) in [5.41, 5.74) is 3.73. The molecule has 2 N–H and O–H groups in total. The third-order valence-electron chi connectivity index (χ3n) is 4.22. The first kappa shape index (κ1) is 24.2. The summed E-state index contributed by atoms with van der Waals surface area (Å²) >= 11 is 21.7. The zero-order valence-corrected chi connectivity index (χ0v) is 20.4. The predicted octanol–water partition coefficient (Wildman–Crippen LogP) is 6.47. The van der Waals surface area contributed by atoms with Gasteiger partial charge in [-0.15, -0.1) is 0 Å². The molecule has 0 aliphatic carbocycles. The van der Waals surface area contributed by atoms with Crippen molar-refractivity contribution in [2.75, 3.05) is 7.11 Å². The van der Waals surface area contributed by atoms with Crippen LogP contribution >= 0.6 is 50.7 Å². The summed E-state index contributed by atoms with van der Waals surface area (Å²) in [5.74, 6) is -0.0220. The maximum atomic E-state index is 12.2. The Morgan fingerprint density at radius 3 is 2.62 bits per heavy atom. The molecule has 1 amide bonds. The van der Waals surface area contributed by atoms with Gasteiger partial charge in [0, 0.05) is 20.1 Å². The molecule has 0 fully saturated rings. The van der Waals surface area contributed by atoms with Crippen molar-refractivity contribution in [3.63, 3.8) is 0 Å². The lowest BCUT2D eigenvalue weighted by molar-refractivity contribution is 0.0952. The Bertz CT molecular complexity index is 1190. The molecule has 0 aliphatic rings. The van der Waals surface area contributed by atoms with Crippen molar-refractivity contribution in [1.29, 1.82) is 0 Å². The number of hydrogen-bond acceptors (Lipinski definition) is 5. The highest BCUT2D eigenvalue weighted by Gasteiger charge is 2.14. The molecule has 0 saturated carbocycles. The van der Waals surface area contributed by atoms with Crippen LogP contribution in [0.5, 0.6) is 17.2 Å². The molecule has 0 aliphatic heterocycles. The van der Waals surface area contributed by atoms with Crippen LogP contribution in [0.1, 0.15) is 21.5 Å². The summed E-state index contributed by atoms with van der Waals surface area (Å²) in [6.45, 7) is 0.158. The number of amides is 1. The minimum atomic E-state index is -0.571. The molecule has 3 rings (SSSR count). The van der Waals surface area contributed by atoms with Gasteiger partial charge in [0.05, 0.1) is 23.9 Å². The van der Waals surface area contributed by atoms with Crippen LogP contribution < -0.4 is 14.9 Å². The smallest absolute Gasteiger partial charge is 0.275 e.